The van der Waals surface area contributed by atoms with Crippen LogP contribution in [0, 0.1) is 6.92 Å². The Balaban J connectivity index is 2.47. The van der Waals surface area contributed by atoms with Gasteiger partial charge in [0.2, 0.25) is 0 Å². The average molecular weight is 311 g/mol. The molecule has 0 saturated heterocycles. The third-order valence-electron chi connectivity index (χ3n) is 2.82. The van der Waals surface area contributed by atoms with Crippen LogP contribution in [0.15, 0.2) is 46.9 Å². The highest BCUT2D eigenvalue weighted by Crippen LogP contribution is 2.29. The lowest BCUT2D eigenvalue weighted by Crippen LogP contribution is -2.13. The summed E-state index contributed by atoms with van der Waals surface area (Å²) in [6.45, 7) is 2.05. The van der Waals surface area contributed by atoms with Crippen LogP contribution in [0.1, 0.15) is 22.7 Å². The molecule has 3 heteroatoms. The van der Waals surface area contributed by atoms with Crippen molar-refractivity contribution in [2.45, 2.75) is 13.0 Å². The highest BCUT2D eigenvalue weighted by atomic mass is 79.9. The van der Waals surface area contributed by atoms with Crippen molar-refractivity contribution in [3.63, 3.8) is 0 Å². The first-order valence-electron chi connectivity index (χ1n) is 5.35. The number of halogens is 2. The molecule has 17 heavy (non-hydrogen) atoms. The van der Waals surface area contributed by atoms with Crippen molar-refractivity contribution in [2.24, 2.45) is 5.73 Å². The fraction of sp³-hybridized carbons (Fsp3) is 0.143. The van der Waals surface area contributed by atoms with Crippen LogP contribution in [0.3, 0.4) is 0 Å². The van der Waals surface area contributed by atoms with Crippen LogP contribution in [0.25, 0.3) is 0 Å². The molecular formula is C14H13BrClN. The Morgan fingerprint density at radius 2 is 1.82 bits per heavy atom. The molecule has 2 N–H and O–H groups in total. The van der Waals surface area contributed by atoms with Crippen LogP contribution in [0.4, 0.5) is 0 Å². The molecule has 0 aliphatic carbocycles. The summed E-state index contributed by atoms with van der Waals surface area (Å²) in [5.41, 5.74) is 9.49. The van der Waals surface area contributed by atoms with Gasteiger partial charge in [-0.1, -0.05) is 51.8 Å². The summed E-state index contributed by atoms with van der Waals surface area (Å²) in [5, 5.41) is 0.708. The minimum Gasteiger partial charge on any atom is -0.320 e. The number of rotatable bonds is 2. The van der Waals surface area contributed by atoms with Crippen LogP contribution >= 0.6 is 27.5 Å². The molecule has 2 rings (SSSR count). The maximum atomic E-state index is 6.28. The van der Waals surface area contributed by atoms with E-state index in [-0.39, 0.29) is 6.04 Å². The quantitative estimate of drug-likeness (QED) is 0.871. The van der Waals surface area contributed by atoms with E-state index in [9.17, 15) is 0 Å². The maximum Gasteiger partial charge on any atom is 0.0569 e. The molecule has 88 valence electrons. The third kappa shape index (κ3) is 2.71. The van der Waals surface area contributed by atoms with Gasteiger partial charge in [0, 0.05) is 9.50 Å². The number of hydrogen-bond donors (Lipinski definition) is 1. The summed E-state index contributed by atoms with van der Waals surface area (Å²) < 4.78 is 1.03. The minimum atomic E-state index is -0.193. The predicted molar refractivity (Wildman–Crippen MR) is 76.4 cm³/mol. The van der Waals surface area contributed by atoms with Crippen molar-refractivity contribution in [1.29, 1.82) is 0 Å². The lowest BCUT2D eigenvalue weighted by molar-refractivity contribution is 0.861. The minimum absolute atomic E-state index is 0.193. The molecule has 0 aliphatic heterocycles. The summed E-state index contributed by atoms with van der Waals surface area (Å²) in [5.74, 6) is 0. The van der Waals surface area contributed by atoms with E-state index in [0.717, 1.165) is 15.6 Å². The van der Waals surface area contributed by atoms with Crippen LogP contribution in [-0.2, 0) is 0 Å². The van der Waals surface area contributed by atoms with E-state index < -0.39 is 0 Å². The van der Waals surface area contributed by atoms with E-state index in [2.05, 4.69) is 28.9 Å². The van der Waals surface area contributed by atoms with Crippen molar-refractivity contribution in [3.05, 3.63) is 68.7 Å². The second kappa shape index (κ2) is 5.21. The second-order valence-corrected chi connectivity index (χ2v) is 5.32. The molecule has 0 aliphatic rings. The third-order valence-corrected chi connectivity index (χ3v) is 3.65. The fourth-order valence-electron chi connectivity index (χ4n) is 1.84. The van der Waals surface area contributed by atoms with Gasteiger partial charge in [-0.15, -0.1) is 0 Å². The molecule has 0 spiro atoms. The molecule has 0 bridgehead atoms. The van der Waals surface area contributed by atoms with Gasteiger partial charge in [0.05, 0.1) is 6.04 Å². The lowest BCUT2D eigenvalue weighted by Gasteiger charge is -2.16. The molecule has 0 fully saturated rings. The molecule has 0 heterocycles. The van der Waals surface area contributed by atoms with Crippen molar-refractivity contribution >= 4 is 27.5 Å². The first kappa shape index (κ1) is 12.6. The Morgan fingerprint density at radius 1 is 1.12 bits per heavy atom. The van der Waals surface area contributed by atoms with E-state index in [1.54, 1.807) is 0 Å². The van der Waals surface area contributed by atoms with Gasteiger partial charge in [-0.2, -0.15) is 0 Å². The SMILES string of the molecule is Cc1ccc(Br)cc1C(N)c1ccccc1Cl. The van der Waals surface area contributed by atoms with Crippen LogP contribution < -0.4 is 5.73 Å². The molecule has 0 saturated carbocycles. The number of nitrogens with two attached hydrogens (primary N) is 1. The van der Waals surface area contributed by atoms with Crippen LogP contribution in [0.5, 0.6) is 0 Å². The lowest BCUT2D eigenvalue weighted by atomic mass is 9.96. The maximum absolute atomic E-state index is 6.28. The van der Waals surface area contributed by atoms with Gasteiger partial charge in [0.25, 0.3) is 0 Å². The molecular weight excluding hydrogens is 298 g/mol. The van der Waals surface area contributed by atoms with Crippen molar-refractivity contribution < 1.29 is 0 Å². The summed E-state index contributed by atoms with van der Waals surface area (Å²) in [7, 11) is 0. The molecule has 1 atom stereocenters. The number of hydrogen-bond acceptors (Lipinski definition) is 1. The van der Waals surface area contributed by atoms with E-state index in [4.69, 9.17) is 17.3 Å². The smallest absolute Gasteiger partial charge is 0.0569 e. The zero-order valence-corrected chi connectivity index (χ0v) is 11.8. The molecule has 2 aromatic carbocycles. The Kier molecular flexibility index (Phi) is 3.87. The summed E-state index contributed by atoms with van der Waals surface area (Å²) in [4.78, 5) is 0. The Labute approximate surface area is 115 Å². The molecule has 0 amide bonds. The van der Waals surface area contributed by atoms with Crippen LogP contribution in [0.2, 0.25) is 5.02 Å². The molecule has 0 radical (unpaired) electrons. The number of aryl methyl sites for hydroxylation is 1. The summed E-state index contributed by atoms with van der Waals surface area (Å²) in [6, 6.07) is 13.6. The van der Waals surface area contributed by atoms with Gasteiger partial charge < -0.3 is 5.73 Å². The second-order valence-electron chi connectivity index (χ2n) is 4.00. The van der Waals surface area contributed by atoms with Crippen molar-refractivity contribution in [1.82, 2.24) is 0 Å². The van der Waals surface area contributed by atoms with Gasteiger partial charge in [-0.05, 0) is 41.8 Å². The highest BCUT2D eigenvalue weighted by molar-refractivity contribution is 9.10. The fourth-order valence-corrected chi connectivity index (χ4v) is 2.47. The normalized spacial score (nSPS) is 12.5. The van der Waals surface area contributed by atoms with Crippen molar-refractivity contribution in [3.8, 4) is 0 Å². The zero-order valence-electron chi connectivity index (χ0n) is 9.45. The standard InChI is InChI=1S/C14H13BrClN/c1-9-6-7-10(15)8-12(9)14(17)11-4-2-3-5-13(11)16/h2-8,14H,17H2,1H3. The Hall–Kier alpha value is -0.830. The molecule has 0 aromatic heterocycles. The van der Waals surface area contributed by atoms with E-state index >= 15 is 0 Å². The van der Waals surface area contributed by atoms with Crippen molar-refractivity contribution in [2.75, 3.05) is 0 Å². The monoisotopic (exact) mass is 309 g/mol. The Morgan fingerprint density at radius 3 is 2.53 bits per heavy atom. The first-order chi connectivity index (χ1) is 8.09. The average Bonchev–Trinajstić information content (AvgIpc) is 2.32. The first-order valence-corrected chi connectivity index (χ1v) is 6.52. The summed E-state index contributed by atoms with van der Waals surface area (Å²) >= 11 is 9.64. The van der Waals surface area contributed by atoms with Gasteiger partial charge >= 0.3 is 0 Å². The van der Waals surface area contributed by atoms with E-state index in [1.807, 2.05) is 36.4 Å². The predicted octanol–water partition coefficient (Wildman–Crippen LogP) is 4.46. The summed E-state index contributed by atoms with van der Waals surface area (Å²) in [6.07, 6.45) is 0. The molecule has 2 aromatic rings. The van der Waals surface area contributed by atoms with Crippen LogP contribution in [-0.4, -0.2) is 0 Å². The highest BCUT2D eigenvalue weighted by Gasteiger charge is 2.14. The largest absolute Gasteiger partial charge is 0.320 e. The van der Waals surface area contributed by atoms with Gasteiger partial charge in [-0.25, -0.2) is 0 Å². The Bertz CT molecular complexity index is 539. The topological polar surface area (TPSA) is 26.0 Å². The molecule has 1 nitrogen and oxygen atoms in total. The zero-order chi connectivity index (χ0) is 12.4. The van der Waals surface area contributed by atoms with Gasteiger partial charge in [0.15, 0.2) is 0 Å². The van der Waals surface area contributed by atoms with E-state index in [0.29, 0.717) is 5.02 Å². The van der Waals surface area contributed by atoms with Gasteiger partial charge in [-0.3, -0.25) is 0 Å². The van der Waals surface area contributed by atoms with E-state index in [1.165, 1.54) is 5.56 Å². The molecule has 1 unspecified atom stereocenters. The van der Waals surface area contributed by atoms with Gasteiger partial charge in [0.1, 0.15) is 0 Å². The number of benzene rings is 2.